The van der Waals surface area contributed by atoms with E-state index >= 15 is 0 Å². The van der Waals surface area contributed by atoms with Crippen LogP contribution in [-0.4, -0.2) is 44.6 Å². The number of thiazole rings is 1. The van der Waals surface area contributed by atoms with Crippen LogP contribution >= 0.6 is 23.1 Å². The monoisotopic (exact) mass is 465 g/mol. The molecule has 2 aromatic heterocycles. The molecule has 1 aliphatic heterocycles. The average Bonchev–Trinajstić information content (AvgIpc) is 3.48. The maximum Gasteiger partial charge on any atom is 0.236 e. The zero-order valence-electron chi connectivity index (χ0n) is 17.1. The third-order valence-electron chi connectivity index (χ3n) is 4.75. The second-order valence-electron chi connectivity index (χ2n) is 7.05. The first kappa shape index (κ1) is 20.5. The Morgan fingerprint density at radius 2 is 1.97 bits per heavy atom. The van der Waals surface area contributed by atoms with Gasteiger partial charge in [-0.25, -0.2) is 4.98 Å². The molecule has 0 bridgehead atoms. The molecular weight excluding hydrogens is 446 g/mol. The Kier molecular flexibility index (Phi) is 5.78. The fraction of sp³-hybridized carbons (Fsp3) is 0.182. The topological polar surface area (TPSA) is 91.2 Å². The minimum absolute atomic E-state index is 0.156. The molecule has 0 saturated carbocycles. The summed E-state index contributed by atoms with van der Waals surface area (Å²) in [5.41, 5.74) is 3.81. The largest absolute Gasteiger partial charge is 0.486 e. The number of carbonyl (C=O) groups excluding carboxylic acids is 1. The van der Waals surface area contributed by atoms with E-state index in [0.717, 1.165) is 22.7 Å². The quantitative estimate of drug-likeness (QED) is 0.427. The number of nitrogens with zero attached hydrogens (tertiary/aromatic N) is 4. The number of aryl methyl sites for hydroxylation is 1. The van der Waals surface area contributed by atoms with Crippen LogP contribution in [0.4, 0.5) is 5.13 Å². The van der Waals surface area contributed by atoms with Crippen molar-refractivity contribution in [3.8, 4) is 28.4 Å². The van der Waals surface area contributed by atoms with E-state index in [0.29, 0.717) is 29.3 Å². The zero-order chi connectivity index (χ0) is 21.9. The Labute approximate surface area is 192 Å². The second-order valence-corrected chi connectivity index (χ2v) is 8.85. The SMILES string of the molecule is Cc1ccc(-n2cnnc2SCC(=O)Nc2nc(-c3ccc4c(c3)OCCO4)cs2)cc1. The van der Waals surface area contributed by atoms with E-state index in [1.165, 1.54) is 28.7 Å². The first-order valence-corrected chi connectivity index (χ1v) is 11.8. The van der Waals surface area contributed by atoms with E-state index in [1.807, 2.05) is 59.3 Å². The first-order valence-electron chi connectivity index (χ1n) is 9.91. The van der Waals surface area contributed by atoms with Gasteiger partial charge in [0.1, 0.15) is 19.5 Å². The lowest BCUT2D eigenvalue weighted by Gasteiger charge is -2.18. The standard InChI is InChI=1S/C22H19N5O3S2/c1-14-2-5-16(6-3-14)27-13-23-26-22(27)32-12-20(28)25-21-24-17(11-31-21)15-4-7-18-19(10-15)30-9-8-29-18/h2-7,10-11,13H,8-9,12H2,1H3,(H,24,25,28). The number of rotatable bonds is 6. The van der Waals surface area contributed by atoms with Gasteiger partial charge in [-0.05, 0) is 37.3 Å². The van der Waals surface area contributed by atoms with Crippen molar-refractivity contribution in [1.82, 2.24) is 19.7 Å². The number of anilines is 1. The van der Waals surface area contributed by atoms with Gasteiger partial charge in [-0.15, -0.1) is 21.5 Å². The van der Waals surface area contributed by atoms with E-state index < -0.39 is 0 Å². The number of amides is 1. The number of hydrogen-bond donors (Lipinski definition) is 1. The van der Waals surface area contributed by atoms with Gasteiger partial charge in [0.2, 0.25) is 5.91 Å². The molecule has 0 atom stereocenters. The molecule has 5 rings (SSSR count). The van der Waals surface area contributed by atoms with Gasteiger partial charge in [0.05, 0.1) is 11.4 Å². The molecular formula is C22H19N5O3S2. The molecule has 8 nitrogen and oxygen atoms in total. The van der Waals surface area contributed by atoms with Gasteiger partial charge >= 0.3 is 0 Å². The van der Waals surface area contributed by atoms with Crippen molar-refractivity contribution in [3.63, 3.8) is 0 Å². The van der Waals surface area contributed by atoms with Crippen molar-refractivity contribution in [1.29, 1.82) is 0 Å². The predicted octanol–water partition coefficient (Wildman–Crippen LogP) is 4.20. The molecule has 32 heavy (non-hydrogen) atoms. The average molecular weight is 466 g/mol. The molecule has 0 aliphatic carbocycles. The molecule has 1 amide bonds. The molecule has 3 heterocycles. The number of ether oxygens (including phenoxy) is 2. The Hall–Kier alpha value is -3.37. The molecule has 2 aromatic carbocycles. The number of thioether (sulfide) groups is 1. The fourth-order valence-corrected chi connectivity index (χ4v) is 4.62. The Bertz CT molecular complexity index is 1250. The summed E-state index contributed by atoms with van der Waals surface area (Å²) in [6, 6.07) is 13.8. The van der Waals surface area contributed by atoms with Gasteiger partial charge in [0.25, 0.3) is 0 Å². The molecule has 0 fully saturated rings. The van der Waals surface area contributed by atoms with Crippen LogP contribution in [0.3, 0.4) is 0 Å². The summed E-state index contributed by atoms with van der Waals surface area (Å²) >= 11 is 2.70. The maximum absolute atomic E-state index is 12.5. The highest BCUT2D eigenvalue weighted by molar-refractivity contribution is 7.99. The minimum atomic E-state index is -0.156. The zero-order valence-corrected chi connectivity index (χ0v) is 18.8. The molecule has 1 N–H and O–H groups in total. The Balaban J connectivity index is 1.21. The Morgan fingerprint density at radius 1 is 1.16 bits per heavy atom. The number of aromatic nitrogens is 4. The van der Waals surface area contributed by atoms with Crippen LogP contribution in [-0.2, 0) is 4.79 Å². The fourth-order valence-electron chi connectivity index (χ4n) is 3.16. The van der Waals surface area contributed by atoms with Gasteiger partial charge < -0.3 is 14.8 Å². The van der Waals surface area contributed by atoms with Crippen molar-refractivity contribution in [2.75, 3.05) is 24.3 Å². The predicted molar refractivity (Wildman–Crippen MR) is 124 cm³/mol. The van der Waals surface area contributed by atoms with E-state index in [9.17, 15) is 4.79 Å². The van der Waals surface area contributed by atoms with Crippen molar-refractivity contribution >= 4 is 34.1 Å². The summed E-state index contributed by atoms with van der Waals surface area (Å²) < 4.78 is 13.1. The molecule has 10 heteroatoms. The summed E-state index contributed by atoms with van der Waals surface area (Å²) in [7, 11) is 0. The summed E-state index contributed by atoms with van der Waals surface area (Å²) in [6.45, 7) is 3.12. The highest BCUT2D eigenvalue weighted by Gasteiger charge is 2.15. The van der Waals surface area contributed by atoms with E-state index in [4.69, 9.17) is 9.47 Å². The van der Waals surface area contributed by atoms with Crippen LogP contribution < -0.4 is 14.8 Å². The first-order chi connectivity index (χ1) is 15.7. The third kappa shape index (κ3) is 4.46. The summed E-state index contributed by atoms with van der Waals surface area (Å²) in [6.07, 6.45) is 1.64. The minimum Gasteiger partial charge on any atom is -0.486 e. The highest BCUT2D eigenvalue weighted by atomic mass is 32.2. The van der Waals surface area contributed by atoms with Gasteiger partial charge in [-0.2, -0.15) is 0 Å². The molecule has 0 spiro atoms. The van der Waals surface area contributed by atoms with E-state index in [1.54, 1.807) is 6.33 Å². The summed E-state index contributed by atoms with van der Waals surface area (Å²) in [5, 5.41) is 14.1. The lowest BCUT2D eigenvalue weighted by atomic mass is 10.1. The number of carbonyl (C=O) groups is 1. The maximum atomic E-state index is 12.5. The summed E-state index contributed by atoms with van der Waals surface area (Å²) in [5.74, 6) is 1.49. The van der Waals surface area contributed by atoms with Gasteiger partial charge in [0, 0.05) is 16.6 Å². The van der Waals surface area contributed by atoms with Gasteiger partial charge in [0.15, 0.2) is 21.8 Å². The van der Waals surface area contributed by atoms with Crippen LogP contribution in [0.5, 0.6) is 11.5 Å². The highest BCUT2D eigenvalue weighted by Crippen LogP contribution is 2.35. The van der Waals surface area contributed by atoms with Crippen molar-refractivity contribution in [3.05, 3.63) is 59.7 Å². The van der Waals surface area contributed by atoms with Crippen molar-refractivity contribution in [2.24, 2.45) is 0 Å². The number of hydrogen-bond acceptors (Lipinski definition) is 8. The number of fused-ring (bicyclic) bond motifs is 1. The molecule has 0 saturated heterocycles. The van der Waals surface area contributed by atoms with E-state index in [2.05, 4.69) is 20.5 Å². The van der Waals surface area contributed by atoms with Gasteiger partial charge in [-0.1, -0.05) is 29.5 Å². The molecule has 0 unspecified atom stereocenters. The van der Waals surface area contributed by atoms with Crippen LogP contribution in [0, 0.1) is 6.92 Å². The molecule has 0 radical (unpaired) electrons. The van der Waals surface area contributed by atoms with Crippen LogP contribution in [0.2, 0.25) is 0 Å². The third-order valence-corrected chi connectivity index (χ3v) is 6.45. The van der Waals surface area contributed by atoms with Crippen LogP contribution in [0.25, 0.3) is 16.9 Å². The lowest BCUT2D eigenvalue weighted by Crippen LogP contribution is -2.15. The Morgan fingerprint density at radius 3 is 2.81 bits per heavy atom. The van der Waals surface area contributed by atoms with Gasteiger partial charge in [-0.3, -0.25) is 9.36 Å². The second kappa shape index (κ2) is 9.01. The van der Waals surface area contributed by atoms with Crippen LogP contribution in [0.15, 0.2) is 59.3 Å². The smallest absolute Gasteiger partial charge is 0.236 e. The summed E-state index contributed by atoms with van der Waals surface area (Å²) in [4.78, 5) is 17.0. The normalized spacial score (nSPS) is 12.5. The molecule has 1 aliphatic rings. The molecule has 162 valence electrons. The number of nitrogens with one attached hydrogen (secondary N) is 1. The van der Waals surface area contributed by atoms with Crippen molar-refractivity contribution < 1.29 is 14.3 Å². The van der Waals surface area contributed by atoms with E-state index in [-0.39, 0.29) is 11.7 Å². The van der Waals surface area contributed by atoms with Crippen molar-refractivity contribution in [2.45, 2.75) is 12.1 Å². The van der Waals surface area contributed by atoms with Crippen LogP contribution in [0.1, 0.15) is 5.56 Å². The molecule has 4 aromatic rings. The lowest BCUT2D eigenvalue weighted by molar-refractivity contribution is -0.113. The number of benzene rings is 2.